The molecule has 0 heteroatoms. The van der Waals surface area contributed by atoms with Gasteiger partial charge in [0.2, 0.25) is 0 Å². The molecule has 0 rings (SSSR count). The number of unbranched alkanes of at least 4 members (excludes halogenated alkanes) is 3. The zero-order chi connectivity index (χ0) is 9.40. The van der Waals surface area contributed by atoms with Crippen molar-refractivity contribution in [1.29, 1.82) is 0 Å². The van der Waals surface area contributed by atoms with Crippen LogP contribution in [0.1, 0.15) is 66.2 Å². The number of rotatable bonds is 7. The average molecular weight is 169 g/mol. The molecular weight excluding hydrogens is 144 g/mol. The van der Waals surface area contributed by atoms with E-state index in [1.165, 1.54) is 38.5 Å². The highest BCUT2D eigenvalue weighted by molar-refractivity contribution is 4.78. The lowest BCUT2D eigenvalue weighted by molar-refractivity contribution is 0.468. The van der Waals surface area contributed by atoms with Gasteiger partial charge in [-0.2, -0.15) is 0 Å². The van der Waals surface area contributed by atoms with Gasteiger partial charge in [0, 0.05) is 0 Å². The predicted octanol–water partition coefficient (Wildman–Crippen LogP) is 4.60. The molecule has 0 bridgehead atoms. The fourth-order valence-corrected chi connectivity index (χ4v) is 1.72. The highest BCUT2D eigenvalue weighted by Crippen LogP contribution is 2.18. The molecule has 0 saturated heterocycles. The third kappa shape index (κ3) is 8.10. The molecule has 0 saturated carbocycles. The highest BCUT2D eigenvalue weighted by Gasteiger charge is 2.04. The molecule has 73 valence electrons. The molecule has 0 aliphatic rings. The van der Waals surface area contributed by atoms with E-state index in [0.29, 0.717) is 0 Å². The fourth-order valence-electron chi connectivity index (χ4n) is 1.72. The van der Waals surface area contributed by atoms with E-state index < -0.39 is 0 Å². The highest BCUT2D eigenvalue weighted by atomic mass is 14.1. The first kappa shape index (κ1) is 12.0. The zero-order valence-electron chi connectivity index (χ0n) is 9.32. The summed E-state index contributed by atoms with van der Waals surface area (Å²) in [5, 5.41) is 0. The van der Waals surface area contributed by atoms with Crippen molar-refractivity contribution in [1.82, 2.24) is 0 Å². The minimum atomic E-state index is 0.909. The van der Waals surface area contributed by atoms with Gasteiger partial charge in [-0.05, 0) is 18.3 Å². The molecule has 12 heavy (non-hydrogen) atoms. The summed E-state index contributed by atoms with van der Waals surface area (Å²) < 4.78 is 0. The van der Waals surface area contributed by atoms with E-state index in [-0.39, 0.29) is 0 Å². The second-order valence-corrected chi connectivity index (χ2v) is 4.37. The van der Waals surface area contributed by atoms with E-state index in [1.54, 1.807) is 5.92 Å². The van der Waals surface area contributed by atoms with Crippen molar-refractivity contribution in [2.75, 3.05) is 0 Å². The first-order valence-corrected chi connectivity index (χ1v) is 5.45. The second kappa shape index (κ2) is 7.64. The largest absolute Gasteiger partial charge is 0.0654 e. The summed E-state index contributed by atoms with van der Waals surface area (Å²) in [7, 11) is 0. The Morgan fingerprint density at radius 2 is 1.75 bits per heavy atom. The van der Waals surface area contributed by atoms with Gasteiger partial charge in [0.15, 0.2) is 0 Å². The van der Waals surface area contributed by atoms with Crippen LogP contribution in [0.25, 0.3) is 0 Å². The van der Waals surface area contributed by atoms with Crippen LogP contribution in [0.4, 0.5) is 0 Å². The number of hydrogen-bond acceptors (Lipinski definition) is 0. The molecule has 0 aliphatic heterocycles. The monoisotopic (exact) mass is 169 g/mol. The normalized spacial score (nSPS) is 13.8. The van der Waals surface area contributed by atoms with Crippen molar-refractivity contribution < 1.29 is 0 Å². The SMILES string of the molecule is CCCCCCC(C)C[C](C)C. The van der Waals surface area contributed by atoms with Crippen molar-refractivity contribution in [2.45, 2.75) is 66.2 Å². The molecule has 0 heterocycles. The summed E-state index contributed by atoms with van der Waals surface area (Å²) in [6, 6.07) is 0. The van der Waals surface area contributed by atoms with Crippen LogP contribution in [0.2, 0.25) is 0 Å². The quantitative estimate of drug-likeness (QED) is 0.489. The molecule has 0 nitrogen and oxygen atoms in total. The Hall–Kier alpha value is 0. The molecule has 0 spiro atoms. The molecule has 0 N–H and O–H groups in total. The fraction of sp³-hybridized carbons (Fsp3) is 0.917. The summed E-state index contributed by atoms with van der Waals surface area (Å²) in [5.41, 5.74) is 0. The lowest BCUT2D eigenvalue weighted by Gasteiger charge is -2.12. The van der Waals surface area contributed by atoms with Gasteiger partial charge in [-0.15, -0.1) is 0 Å². The van der Waals surface area contributed by atoms with Crippen LogP contribution >= 0.6 is 0 Å². The Bertz CT molecular complexity index is 84.0. The first-order valence-electron chi connectivity index (χ1n) is 5.45. The smallest absolute Gasteiger partial charge is 0.0300 e. The predicted molar refractivity (Wildman–Crippen MR) is 57.1 cm³/mol. The van der Waals surface area contributed by atoms with Gasteiger partial charge in [-0.1, -0.05) is 59.8 Å². The molecule has 0 aromatic heterocycles. The van der Waals surface area contributed by atoms with E-state index in [1.807, 2.05) is 0 Å². The van der Waals surface area contributed by atoms with Crippen molar-refractivity contribution in [3.05, 3.63) is 5.92 Å². The maximum Gasteiger partial charge on any atom is -0.0300 e. The molecular formula is C12H25. The molecule has 0 aliphatic carbocycles. The van der Waals surface area contributed by atoms with Crippen molar-refractivity contribution in [3.8, 4) is 0 Å². The van der Waals surface area contributed by atoms with Gasteiger partial charge in [-0.25, -0.2) is 0 Å². The Labute approximate surface area is 78.8 Å². The molecule has 0 fully saturated rings. The van der Waals surface area contributed by atoms with Gasteiger partial charge in [0.05, 0.1) is 0 Å². The molecule has 0 aromatic carbocycles. The Balaban J connectivity index is 3.14. The van der Waals surface area contributed by atoms with Gasteiger partial charge < -0.3 is 0 Å². The summed E-state index contributed by atoms with van der Waals surface area (Å²) in [4.78, 5) is 0. The van der Waals surface area contributed by atoms with Crippen LogP contribution in [0.15, 0.2) is 0 Å². The van der Waals surface area contributed by atoms with Crippen molar-refractivity contribution >= 4 is 0 Å². The minimum Gasteiger partial charge on any atom is -0.0654 e. The van der Waals surface area contributed by atoms with Crippen LogP contribution < -0.4 is 0 Å². The minimum absolute atomic E-state index is 0.909. The molecule has 1 radical (unpaired) electrons. The summed E-state index contributed by atoms with van der Waals surface area (Å²) in [5.74, 6) is 2.49. The standard InChI is InChI=1S/C12H25/c1-5-6-7-8-9-12(4)10-11(2)3/h12H,5-10H2,1-4H3. The maximum atomic E-state index is 2.37. The van der Waals surface area contributed by atoms with E-state index in [2.05, 4.69) is 27.7 Å². The Morgan fingerprint density at radius 3 is 2.25 bits per heavy atom. The third-order valence-corrected chi connectivity index (χ3v) is 2.31. The van der Waals surface area contributed by atoms with E-state index in [0.717, 1.165) is 5.92 Å². The van der Waals surface area contributed by atoms with E-state index in [9.17, 15) is 0 Å². The van der Waals surface area contributed by atoms with E-state index in [4.69, 9.17) is 0 Å². The first-order chi connectivity index (χ1) is 5.66. The molecule has 0 amide bonds. The van der Waals surface area contributed by atoms with Crippen LogP contribution in [0.5, 0.6) is 0 Å². The van der Waals surface area contributed by atoms with Crippen molar-refractivity contribution in [2.24, 2.45) is 5.92 Å². The van der Waals surface area contributed by atoms with Gasteiger partial charge >= 0.3 is 0 Å². The van der Waals surface area contributed by atoms with Crippen molar-refractivity contribution in [3.63, 3.8) is 0 Å². The molecule has 1 atom stereocenters. The lowest BCUT2D eigenvalue weighted by atomic mass is 9.94. The summed E-state index contributed by atoms with van der Waals surface area (Å²) in [6.07, 6.45) is 8.39. The number of hydrogen-bond donors (Lipinski definition) is 0. The third-order valence-electron chi connectivity index (χ3n) is 2.31. The Morgan fingerprint density at radius 1 is 1.08 bits per heavy atom. The summed E-state index contributed by atoms with van der Waals surface area (Å²) in [6.45, 7) is 9.12. The molecule has 1 unspecified atom stereocenters. The topological polar surface area (TPSA) is 0 Å². The lowest BCUT2D eigenvalue weighted by Crippen LogP contribution is -1.98. The molecule has 0 aromatic rings. The van der Waals surface area contributed by atoms with E-state index >= 15 is 0 Å². The second-order valence-electron chi connectivity index (χ2n) is 4.37. The van der Waals surface area contributed by atoms with Gasteiger partial charge in [-0.3, -0.25) is 0 Å². The van der Waals surface area contributed by atoms with Crippen LogP contribution in [0, 0.1) is 11.8 Å². The Kier molecular flexibility index (Phi) is 7.64. The van der Waals surface area contributed by atoms with Gasteiger partial charge in [0.1, 0.15) is 0 Å². The summed E-state index contributed by atoms with van der Waals surface area (Å²) >= 11 is 0. The maximum absolute atomic E-state index is 2.37. The van der Waals surface area contributed by atoms with Crippen LogP contribution in [0.3, 0.4) is 0 Å². The average Bonchev–Trinajstić information content (AvgIpc) is 1.97. The van der Waals surface area contributed by atoms with Crippen LogP contribution in [-0.2, 0) is 0 Å². The zero-order valence-corrected chi connectivity index (χ0v) is 9.32. The van der Waals surface area contributed by atoms with Crippen LogP contribution in [-0.4, -0.2) is 0 Å². The van der Waals surface area contributed by atoms with Gasteiger partial charge in [0.25, 0.3) is 0 Å².